The van der Waals surface area contributed by atoms with Crippen molar-refractivity contribution in [3.63, 3.8) is 0 Å². The number of rotatable bonds is 11. The Morgan fingerprint density at radius 2 is 1.63 bits per heavy atom. The second kappa shape index (κ2) is 24.7. The molecule has 1 aromatic rings. The summed E-state index contributed by atoms with van der Waals surface area (Å²) in [5, 5.41) is 0. The Morgan fingerprint density at radius 1 is 1.00 bits per heavy atom. The van der Waals surface area contributed by atoms with E-state index in [1.165, 1.54) is 62.7 Å². The molecule has 3 rings (SSSR count). The fourth-order valence-corrected chi connectivity index (χ4v) is 5.98. The summed E-state index contributed by atoms with van der Waals surface area (Å²) >= 11 is 0. The summed E-state index contributed by atoms with van der Waals surface area (Å²) in [7, 11) is 1.67. The zero-order chi connectivity index (χ0) is 37.6. The van der Waals surface area contributed by atoms with E-state index in [1.807, 2.05) is 37.3 Å². The van der Waals surface area contributed by atoms with Crippen LogP contribution in [0.5, 0.6) is 5.75 Å². The van der Waals surface area contributed by atoms with Crippen molar-refractivity contribution in [3.05, 3.63) is 90.6 Å². The highest BCUT2D eigenvalue weighted by atomic mass is 16.6. The highest BCUT2D eigenvalue weighted by Crippen LogP contribution is 2.35. The lowest BCUT2D eigenvalue weighted by molar-refractivity contribution is -0.153. The van der Waals surface area contributed by atoms with Crippen molar-refractivity contribution in [1.82, 2.24) is 0 Å². The van der Waals surface area contributed by atoms with Crippen LogP contribution in [0.2, 0.25) is 0 Å². The monoisotopic (exact) mass is 679 g/mol. The molecule has 0 aliphatic heterocycles. The number of hydrogen-bond acceptors (Lipinski definition) is 5. The van der Waals surface area contributed by atoms with Gasteiger partial charge in [0.05, 0.1) is 7.11 Å². The van der Waals surface area contributed by atoms with E-state index in [1.54, 1.807) is 18.8 Å². The standard InChI is InChI=1S/C12H22O2.C12H20O2.C10H12O.C10H16/c1-8(2)11-6-5-9(3)7-12(11)14-10(4)13;1-6-12(5,14-11(4)13)9-7-8-10(2)3;1-3-4-9-5-7-10(11-2)8-6-9;1-8(2)10-6-4-9(3)5-7-10/h8-9,11-12H,5-7H2,1-4H3;6,8H,1,7,9H2,2-5H3;3,5-8H,1,4H2,2H3;4,10H,1,5-7H2,2-3H3/t;;;10-/m...0/s1. The SMILES string of the molecule is C=C(C)[C@H]1CC=C(C)CC1.C=CC(C)(CCC=C(C)C)OC(C)=O.C=CCc1ccc(OC)cc1.CC(=O)OC1CC(C)CCC1C(C)C. The highest BCUT2D eigenvalue weighted by Gasteiger charge is 2.32. The van der Waals surface area contributed by atoms with Crippen LogP contribution in [0.25, 0.3) is 0 Å². The van der Waals surface area contributed by atoms with E-state index in [4.69, 9.17) is 14.2 Å². The number of methoxy groups -OCH3 is 1. The first kappa shape index (κ1) is 45.7. The molecule has 49 heavy (non-hydrogen) atoms. The molecule has 1 fully saturated rings. The topological polar surface area (TPSA) is 61.8 Å². The van der Waals surface area contributed by atoms with Gasteiger partial charge in [-0.2, -0.15) is 0 Å². The van der Waals surface area contributed by atoms with Gasteiger partial charge in [0, 0.05) is 13.8 Å². The van der Waals surface area contributed by atoms with Gasteiger partial charge in [0.25, 0.3) is 0 Å². The summed E-state index contributed by atoms with van der Waals surface area (Å²) in [5.41, 5.74) is 4.92. The second-order valence-corrected chi connectivity index (χ2v) is 14.6. The molecule has 276 valence electrons. The molecule has 1 saturated carbocycles. The van der Waals surface area contributed by atoms with Gasteiger partial charge < -0.3 is 14.2 Å². The fraction of sp³-hybridized carbons (Fsp3) is 0.591. The molecule has 0 heterocycles. The van der Waals surface area contributed by atoms with E-state index in [2.05, 4.69) is 80.4 Å². The summed E-state index contributed by atoms with van der Waals surface area (Å²) in [6, 6.07) is 8.00. The number of esters is 2. The average Bonchev–Trinajstić information content (AvgIpc) is 3.02. The minimum Gasteiger partial charge on any atom is -0.497 e. The van der Waals surface area contributed by atoms with Gasteiger partial charge in [-0.15, -0.1) is 6.58 Å². The molecule has 0 amide bonds. The van der Waals surface area contributed by atoms with Gasteiger partial charge in [-0.1, -0.05) is 87.4 Å². The maximum absolute atomic E-state index is 11.0. The molecule has 0 aromatic heterocycles. The Morgan fingerprint density at radius 3 is 2.06 bits per heavy atom. The molecule has 5 heteroatoms. The first-order valence-corrected chi connectivity index (χ1v) is 18.1. The predicted molar refractivity (Wildman–Crippen MR) is 209 cm³/mol. The smallest absolute Gasteiger partial charge is 0.303 e. The number of allylic oxidation sites excluding steroid dienone is 6. The van der Waals surface area contributed by atoms with E-state index < -0.39 is 5.60 Å². The van der Waals surface area contributed by atoms with Crippen molar-refractivity contribution in [1.29, 1.82) is 0 Å². The molecule has 2 aliphatic rings. The van der Waals surface area contributed by atoms with Crippen molar-refractivity contribution in [2.45, 2.75) is 139 Å². The van der Waals surface area contributed by atoms with Gasteiger partial charge in [0.2, 0.25) is 0 Å². The summed E-state index contributed by atoms with van der Waals surface area (Å²) in [6.07, 6.45) is 18.2. The number of hydrogen-bond donors (Lipinski definition) is 0. The van der Waals surface area contributed by atoms with Crippen molar-refractivity contribution in [3.8, 4) is 5.75 Å². The van der Waals surface area contributed by atoms with Gasteiger partial charge in [-0.3, -0.25) is 9.59 Å². The maximum atomic E-state index is 11.0. The van der Waals surface area contributed by atoms with Crippen molar-refractivity contribution < 1.29 is 23.8 Å². The molecule has 4 unspecified atom stereocenters. The number of carbonyl (C=O) groups is 2. The third kappa shape index (κ3) is 21.4. The third-order valence-corrected chi connectivity index (χ3v) is 9.15. The van der Waals surface area contributed by atoms with Crippen molar-refractivity contribution in [2.75, 3.05) is 7.11 Å². The van der Waals surface area contributed by atoms with E-state index in [-0.39, 0.29) is 18.0 Å². The molecular weight excluding hydrogens is 608 g/mol. The van der Waals surface area contributed by atoms with Gasteiger partial charge in [-0.25, -0.2) is 0 Å². The fourth-order valence-electron chi connectivity index (χ4n) is 5.98. The average molecular weight is 679 g/mol. The van der Waals surface area contributed by atoms with Crippen LogP contribution in [0, 0.1) is 23.7 Å². The Balaban J connectivity index is 0.000000632. The Labute approximate surface area is 301 Å². The van der Waals surface area contributed by atoms with Crippen LogP contribution >= 0.6 is 0 Å². The third-order valence-electron chi connectivity index (χ3n) is 9.15. The van der Waals surface area contributed by atoms with Crippen LogP contribution in [0.1, 0.15) is 126 Å². The highest BCUT2D eigenvalue weighted by molar-refractivity contribution is 5.67. The molecule has 0 saturated heterocycles. The zero-order valence-electron chi connectivity index (χ0n) is 33.0. The van der Waals surface area contributed by atoms with Crippen LogP contribution in [-0.2, 0) is 25.5 Å². The van der Waals surface area contributed by atoms with Gasteiger partial charge in [-0.05, 0) is 133 Å². The van der Waals surface area contributed by atoms with E-state index in [9.17, 15) is 9.59 Å². The lowest BCUT2D eigenvalue weighted by atomic mass is 9.75. The molecule has 1 aromatic carbocycles. The Bertz CT molecular complexity index is 1200. The summed E-state index contributed by atoms with van der Waals surface area (Å²) in [5.74, 6) is 3.16. The maximum Gasteiger partial charge on any atom is 0.303 e. The quantitative estimate of drug-likeness (QED) is 0.172. The van der Waals surface area contributed by atoms with Crippen LogP contribution in [0.4, 0.5) is 0 Å². The minimum absolute atomic E-state index is 0.130. The van der Waals surface area contributed by atoms with Crippen LogP contribution < -0.4 is 4.74 Å². The normalized spacial score (nSPS) is 20.8. The summed E-state index contributed by atoms with van der Waals surface area (Å²) in [6.45, 7) is 31.3. The number of carbonyl (C=O) groups excluding carboxylic acids is 2. The summed E-state index contributed by atoms with van der Waals surface area (Å²) in [4.78, 5) is 21.8. The lowest BCUT2D eigenvalue weighted by Crippen LogP contribution is -2.35. The molecule has 0 N–H and O–H groups in total. The van der Waals surface area contributed by atoms with E-state index >= 15 is 0 Å². The number of ether oxygens (including phenoxy) is 3. The molecule has 0 spiro atoms. The predicted octanol–water partition coefficient (Wildman–Crippen LogP) is 12.0. The lowest BCUT2D eigenvalue weighted by Gasteiger charge is -2.36. The van der Waals surface area contributed by atoms with Crippen molar-refractivity contribution >= 4 is 11.9 Å². The zero-order valence-corrected chi connectivity index (χ0v) is 33.0. The van der Waals surface area contributed by atoms with Gasteiger partial charge in [0.15, 0.2) is 0 Å². The number of benzene rings is 1. The molecule has 2 aliphatic carbocycles. The van der Waals surface area contributed by atoms with E-state index in [0.29, 0.717) is 17.8 Å². The van der Waals surface area contributed by atoms with Crippen LogP contribution in [-0.4, -0.2) is 30.8 Å². The largest absolute Gasteiger partial charge is 0.497 e. The minimum atomic E-state index is -0.530. The van der Waals surface area contributed by atoms with Crippen molar-refractivity contribution in [2.24, 2.45) is 23.7 Å². The van der Waals surface area contributed by atoms with Crippen LogP contribution in [0.3, 0.4) is 0 Å². The molecule has 5 nitrogen and oxygen atoms in total. The van der Waals surface area contributed by atoms with Gasteiger partial charge in [0.1, 0.15) is 17.5 Å². The molecule has 0 bridgehead atoms. The van der Waals surface area contributed by atoms with Crippen LogP contribution in [0.15, 0.2) is 85.0 Å². The first-order chi connectivity index (χ1) is 23.0. The Kier molecular flexibility index (Phi) is 23.1. The van der Waals surface area contributed by atoms with E-state index in [0.717, 1.165) is 37.4 Å². The van der Waals surface area contributed by atoms with Gasteiger partial charge >= 0.3 is 11.9 Å². The second-order valence-electron chi connectivity index (χ2n) is 14.6. The molecule has 0 radical (unpaired) electrons. The summed E-state index contributed by atoms with van der Waals surface area (Å²) < 4.78 is 15.6. The molecular formula is C44H70O5. The first-order valence-electron chi connectivity index (χ1n) is 18.1. The Hall–Kier alpha value is -3.34. The molecule has 5 atom stereocenters.